The summed E-state index contributed by atoms with van der Waals surface area (Å²) in [4.78, 5) is 17.4. The molecule has 0 aliphatic rings. The van der Waals surface area contributed by atoms with E-state index >= 15 is 0 Å². The summed E-state index contributed by atoms with van der Waals surface area (Å²) >= 11 is 1.34. The van der Waals surface area contributed by atoms with Crippen molar-refractivity contribution in [3.8, 4) is 6.07 Å². The third-order valence-electron chi connectivity index (χ3n) is 4.47. The number of carbonyl (C=O) groups is 1. The molecule has 0 bridgehead atoms. The van der Waals surface area contributed by atoms with E-state index in [1.807, 2.05) is 44.2 Å². The van der Waals surface area contributed by atoms with Gasteiger partial charge in [-0.2, -0.15) is 5.26 Å². The average molecular weight is 382 g/mol. The molecular formula is C22H27N3OS. The Labute approximate surface area is 166 Å². The van der Waals surface area contributed by atoms with Crippen LogP contribution in [0, 0.1) is 18.3 Å². The largest absolute Gasteiger partial charge is 0.325 e. The number of amides is 1. The van der Waals surface area contributed by atoms with Crippen molar-refractivity contribution in [3.63, 3.8) is 0 Å². The van der Waals surface area contributed by atoms with Gasteiger partial charge in [-0.05, 0) is 56.4 Å². The van der Waals surface area contributed by atoms with Crippen LogP contribution in [0.1, 0.15) is 56.0 Å². The van der Waals surface area contributed by atoms with Gasteiger partial charge in [0, 0.05) is 11.4 Å². The molecule has 0 saturated heterocycles. The lowest BCUT2D eigenvalue weighted by Crippen LogP contribution is -2.24. The number of aryl methyl sites for hydroxylation is 3. The number of carbonyl (C=O) groups excluding carboxylic acids is 1. The maximum absolute atomic E-state index is 12.8. The zero-order chi connectivity index (χ0) is 19.8. The maximum Gasteiger partial charge on any atom is 0.237 e. The quantitative estimate of drug-likeness (QED) is 0.631. The zero-order valence-corrected chi connectivity index (χ0v) is 17.3. The number of benzene rings is 1. The third-order valence-corrected chi connectivity index (χ3v) is 5.57. The molecule has 0 spiro atoms. The van der Waals surface area contributed by atoms with Crippen LogP contribution in [-0.4, -0.2) is 16.1 Å². The molecule has 1 N–H and O–H groups in total. The molecule has 1 aromatic heterocycles. The van der Waals surface area contributed by atoms with Crippen LogP contribution in [0.5, 0.6) is 0 Å². The minimum atomic E-state index is -0.352. The highest BCUT2D eigenvalue weighted by atomic mass is 32.2. The number of hydrogen-bond donors (Lipinski definition) is 1. The van der Waals surface area contributed by atoms with E-state index < -0.39 is 0 Å². The fourth-order valence-corrected chi connectivity index (χ4v) is 3.71. The van der Waals surface area contributed by atoms with Gasteiger partial charge in [0.05, 0.1) is 10.8 Å². The molecule has 142 valence electrons. The Bertz CT molecular complexity index is 842. The van der Waals surface area contributed by atoms with Crippen LogP contribution < -0.4 is 5.32 Å². The van der Waals surface area contributed by atoms with Gasteiger partial charge in [-0.1, -0.05) is 50.2 Å². The first kappa shape index (κ1) is 21.0. The van der Waals surface area contributed by atoms with Crippen molar-refractivity contribution in [2.24, 2.45) is 0 Å². The predicted octanol–water partition coefficient (Wildman–Crippen LogP) is 5.29. The summed E-state index contributed by atoms with van der Waals surface area (Å²) in [6, 6.07) is 11.9. The lowest BCUT2D eigenvalue weighted by molar-refractivity contribution is -0.115. The van der Waals surface area contributed by atoms with Gasteiger partial charge < -0.3 is 5.32 Å². The van der Waals surface area contributed by atoms with Crippen molar-refractivity contribution < 1.29 is 4.79 Å². The summed E-state index contributed by atoms with van der Waals surface area (Å²) < 4.78 is 0. The molecule has 1 amide bonds. The van der Waals surface area contributed by atoms with E-state index in [2.05, 4.69) is 30.2 Å². The second-order valence-corrected chi connectivity index (χ2v) is 7.91. The molecule has 0 radical (unpaired) electrons. The minimum Gasteiger partial charge on any atom is -0.325 e. The number of para-hydroxylation sites is 1. The molecule has 2 aromatic rings. The Balaban J connectivity index is 2.16. The van der Waals surface area contributed by atoms with Gasteiger partial charge in [-0.3, -0.25) is 4.79 Å². The second-order valence-electron chi connectivity index (χ2n) is 6.58. The van der Waals surface area contributed by atoms with Gasteiger partial charge in [0.1, 0.15) is 11.1 Å². The number of nitrogens with zero attached hydrogens (tertiary/aromatic N) is 2. The third kappa shape index (κ3) is 5.58. The summed E-state index contributed by atoms with van der Waals surface area (Å²) in [5.74, 6) is -0.0753. The SMILES string of the molecule is CCCCc1ccc(C#N)c(SC(C)C(=O)Nc2c(C)cccc2CC)n1. The van der Waals surface area contributed by atoms with Gasteiger partial charge in [-0.15, -0.1) is 0 Å². The Morgan fingerprint density at radius 2 is 2.07 bits per heavy atom. The van der Waals surface area contributed by atoms with Crippen LogP contribution in [0.2, 0.25) is 0 Å². The smallest absolute Gasteiger partial charge is 0.237 e. The molecule has 1 atom stereocenters. The summed E-state index contributed by atoms with van der Waals surface area (Å²) in [6.45, 7) is 8.07. The number of thioether (sulfide) groups is 1. The van der Waals surface area contributed by atoms with Gasteiger partial charge in [-0.25, -0.2) is 4.98 Å². The predicted molar refractivity (Wildman–Crippen MR) is 112 cm³/mol. The standard InChI is InChI=1S/C22H27N3OS/c1-5-7-11-19-13-12-18(14-23)22(24-19)27-16(4)21(26)25-20-15(3)9-8-10-17(20)6-2/h8-10,12-13,16H,5-7,11H2,1-4H3,(H,25,26). The average Bonchev–Trinajstić information content (AvgIpc) is 2.67. The van der Waals surface area contributed by atoms with Crippen molar-refractivity contribution in [1.29, 1.82) is 5.26 Å². The summed E-state index contributed by atoms with van der Waals surface area (Å²) in [6.07, 6.45) is 3.91. The fraction of sp³-hybridized carbons (Fsp3) is 0.409. The first-order valence-corrected chi connectivity index (χ1v) is 10.3. The number of rotatable bonds is 8. The van der Waals surface area contributed by atoms with Gasteiger partial charge in [0.15, 0.2) is 0 Å². The van der Waals surface area contributed by atoms with Crippen molar-refractivity contribution in [3.05, 3.63) is 52.7 Å². The highest BCUT2D eigenvalue weighted by Gasteiger charge is 2.19. The number of pyridine rings is 1. The summed E-state index contributed by atoms with van der Waals surface area (Å²) in [5, 5.41) is 12.7. The van der Waals surface area contributed by atoms with E-state index in [4.69, 9.17) is 0 Å². The van der Waals surface area contributed by atoms with Gasteiger partial charge in [0.2, 0.25) is 5.91 Å². The number of aromatic nitrogens is 1. The van der Waals surface area contributed by atoms with E-state index in [9.17, 15) is 10.1 Å². The Hall–Kier alpha value is -2.32. The number of unbranched alkanes of at least 4 members (excludes halogenated alkanes) is 1. The summed E-state index contributed by atoms with van der Waals surface area (Å²) in [5.41, 5.74) is 4.56. The normalized spacial score (nSPS) is 11.7. The maximum atomic E-state index is 12.8. The molecule has 27 heavy (non-hydrogen) atoms. The van der Waals surface area contributed by atoms with Gasteiger partial charge >= 0.3 is 0 Å². The topological polar surface area (TPSA) is 65.8 Å². The minimum absolute atomic E-state index is 0.0753. The zero-order valence-electron chi connectivity index (χ0n) is 16.5. The van der Waals surface area contributed by atoms with Crippen molar-refractivity contribution in [2.75, 3.05) is 5.32 Å². The van der Waals surface area contributed by atoms with Crippen molar-refractivity contribution in [1.82, 2.24) is 4.98 Å². The monoisotopic (exact) mass is 381 g/mol. The number of hydrogen-bond acceptors (Lipinski definition) is 4. The van der Waals surface area contributed by atoms with Gasteiger partial charge in [0.25, 0.3) is 0 Å². The van der Waals surface area contributed by atoms with Crippen LogP contribution in [0.15, 0.2) is 35.4 Å². The Morgan fingerprint density at radius 1 is 1.30 bits per heavy atom. The van der Waals surface area contributed by atoms with Crippen molar-refractivity contribution >= 4 is 23.4 Å². The van der Waals surface area contributed by atoms with E-state index in [0.29, 0.717) is 10.6 Å². The van der Waals surface area contributed by atoms with Crippen LogP contribution in [0.25, 0.3) is 0 Å². The fourth-order valence-electron chi connectivity index (χ4n) is 2.80. The highest BCUT2D eigenvalue weighted by Crippen LogP contribution is 2.28. The van der Waals surface area contributed by atoms with Crippen LogP contribution in [0.3, 0.4) is 0 Å². The Kier molecular flexibility index (Phi) is 7.87. The van der Waals surface area contributed by atoms with E-state index in [0.717, 1.165) is 48.2 Å². The number of nitrogens with one attached hydrogen (secondary N) is 1. The molecule has 1 heterocycles. The lowest BCUT2D eigenvalue weighted by atomic mass is 10.1. The molecule has 0 aliphatic heterocycles. The molecule has 2 rings (SSSR count). The molecule has 1 unspecified atom stereocenters. The first-order valence-electron chi connectivity index (χ1n) is 9.46. The first-order chi connectivity index (χ1) is 13.0. The van der Waals surface area contributed by atoms with E-state index in [1.54, 1.807) is 0 Å². The molecular weight excluding hydrogens is 354 g/mol. The number of anilines is 1. The highest BCUT2D eigenvalue weighted by molar-refractivity contribution is 8.00. The summed E-state index contributed by atoms with van der Waals surface area (Å²) in [7, 11) is 0. The van der Waals surface area contributed by atoms with Crippen LogP contribution in [0.4, 0.5) is 5.69 Å². The molecule has 0 saturated carbocycles. The molecule has 0 fully saturated rings. The van der Waals surface area contributed by atoms with Crippen LogP contribution >= 0.6 is 11.8 Å². The molecule has 0 aliphatic carbocycles. The van der Waals surface area contributed by atoms with Crippen LogP contribution in [-0.2, 0) is 17.6 Å². The van der Waals surface area contributed by atoms with E-state index in [-0.39, 0.29) is 11.2 Å². The Morgan fingerprint density at radius 3 is 2.74 bits per heavy atom. The molecule has 4 nitrogen and oxygen atoms in total. The lowest BCUT2D eigenvalue weighted by Gasteiger charge is -2.16. The number of nitriles is 1. The molecule has 1 aromatic carbocycles. The van der Waals surface area contributed by atoms with Crippen molar-refractivity contribution in [2.45, 2.75) is 63.7 Å². The second kappa shape index (κ2) is 10.1. The van der Waals surface area contributed by atoms with E-state index in [1.165, 1.54) is 11.8 Å². The molecule has 5 heteroatoms.